The molecule has 1 saturated carbocycles. The third-order valence-corrected chi connectivity index (χ3v) is 6.84. The number of amides is 3. The zero-order chi connectivity index (χ0) is 26.1. The Morgan fingerprint density at radius 3 is 2.37 bits per heavy atom. The lowest BCUT2D eigenvalue weighted by molar-refractivity contribution is -0.147. The van der Waals surface area contributed by atoms with Gasteiger partial charge < -0.3 is 15.8 Å². The number of imide groups is 1. The highest BCUT2D eigenvalue weighted by Crippen LogP contribution is 2.37. The fourth-order valence-corrected chi connectivity index (χ4v) is 4.72. The second-order valence-corrected chi connectivity index (χ2v) is 9.75. The number of nitrogens with zero attached hydrogens (tertiary/aromatic N) is 3. The summed E-state index contributed by atoms with van der Waals surface area (Å²) in [6.07, 6.45) is 3.64. The highest BCUT2D eigenvalue weighted by atomic mass is 16.5. The lowest BCUT2D eigenvalue weighted by Crippen LogP contribution is -2.49. The number of nitrogens with two attached hydrogens (primary N) is 1. The molecule has 0 aromatic carbocycles. The van der Waals surface area contributed by atoms with Crippen LogP contribution in [0.5, 0.6) is 0 Å². The Bertz CT molecular complexity index is 1160. The van der Waals surface area contributed by atoms with Crippen molar-refractivity contribution in [1.82, 2.24) is 19.4 Å². The molecule has 3 rings (SSSR count). The lowest BCUT2D eigenvalue weighted by atomic mass is 9.75. The van der Waals surface area contributed by atoms with Crippen LogP contribution in [-0.4, -0.2) is 56.4 Å². The number of aromatic nitrogens is 2. The van der Waals surface area contributed by atoms with Crippen LogP contribution in [0.1, 0.15) is 63.2 Å². The van der Waals surface area contributed by atoms with E-state index in [0.29, 0.717) is 18.8 Å². The van der Waals surface area contributed by atoms with Crippen molar-refractivity contribution in [2.24, 2.45) is 18.9 Å². The van der Waals surface area contributed by atoms with E-state index in [-0.39, 0.29) is 18.3 Å². The maximum absolute atomic E-state index is 12.9. The Balaban J connectivity index is 1.68. The SMILES string of the molecule is CCC1CCC2(CC1)NC(=O)N(CC(=O)OCC(=O)c1c(N)n(CC(C)C)c(=O)n(C)c1=O)C2=O. The van der Waals surface area contributed by atoms with E-state index >= 15 is 0 Å². The minimum atomic E-state index is -0.996. The Hall–Kier alpha value is -3.44. The largest absolute Gasteiger partial charge is 0.456 e. The molecule has 1 saturated heterocycles. The number of anilines is 1. The van der Waals surface area contributed by atoms with Crippen LogP contribution in [0, 0.1) is 11.8 Å². The second-order valence-electron chi connectivity index (χ2n) is 9.75. The molecule has 2 aliphatic rings. The summed E-state index contributed by atoms with van der Waals surface area (Å²) in [6, 6.07) is -0.674. The van der Waals surface area contributed by atoms with Gasteiger partial charge in [-0.2, -0.15) is 0 Å². The quantitative estimate of drug-likeness (QED) is 0.300. The number of hydrogen-bond acceptors (Lipinski definition) is 8. The molecular weight excluding hydrogens is 458 g/mol. The number of urea groups is 1. The summed E-state index contributed by atoms with van der Waals surface area (Å²) >= 11 is 0. The maximum atomic E-state index is 12.9. The molecule has 1 aliphatic carbocycles. The molecule has 0 bridgehead atoms. The van der Waals surface area contributed by atoms with E-state index in [9.17, 15) is 28.8 Å². The number of rotatable bonds is 8. The molecule has 1 spiro atoms. The Morgan fingerprint density at radius 1 is 1.17 bits per heavy atom. The summed E-state index contributed by atoms with van der Waals surface area (Å²) in [5, 5.41) is 2.73. The first-order chi connectivity index (χ1) is 16.4. The summed E-state index contributed by atoms with van der Waals surface area (Å²) in [5.74, 6) is -2.12. The van der Waals surface area contributed by atoms with Gasteiger partial charge in [0.2, 0.25) is 5.78 Å². The number of esters is 1. The van der Waals surface area contributed by atoms with Gasteiger partial charge in [-0.25, -0.2) is 9.59 Å². The van der Waals surface area contributed by atoms with Gasteiger partial charge in [0.1, 0.15) is 23.5 Å². The van der Waals surface area contributed by atoms with Crippen LogP contribution < -0.4 is 22.3 Å². The molecule has 3 amide bonds. The highest BCUT2D eigenvalue weighted by molar-refractivity contribution is 6.09. The van der Waals surface area contributed by atoms with Crippen LogP contribution in [0.25, 0.3) is 0 Å². The Kier molecular flexibility index (Phi) is 7.51. The first kappa shape index (κ1) is 26.2. The van der Waals surface area contributed by atoms with Gasteiger partial charge in [0, 0.05) is 13.6 Å². The van der Waals surface area contributed by atoms with Crippen LogP contribution in [0.3, 0.4) is 0 Å². The lowest BCUT2D eigenvalue weighted by Gasteiger charge is -2.34. The second kappa shape index (κ2) is 10.0. The van der Waals surface area contributed by atoms with Crippen LogP contribution in [0.4, 0.5) is 10.6 Å². The fraction of sp³-hybridized carbons (Fsp3) is 0.652. The molecule has 1 aliphatic heterocycles. The van der Waals surface area contributed by atoms with Gasteiger partial charge in [-0.05, 0) is 37.5 Å². The van der Waals surface area contributed by atoms with Crippen LogP contribution in [-0.2, 0) is 27.9 Å². The van der Waals surface area contributed by atoms with Gasteiger partial charge in [0.05, 0.1) is 0 Å². The van der Waals surface area contributed by atoms with Crippen molar-refractivity contribution in [1.29, 1.82) is 0 Å². The van der Waals surface area contributed by atoms with Gasteiger partial charge in [0.25, 0.3) is 11.5 Å². The molecule has 0 unspecified atom stereocenters. The molecule has 2 heterocycles. The van der Waals surface area contributed by atoms with E-state index in [1.807, 2.05) is 13.8 Å². The molecule has 35 heavy (non-hydrogen) atoms. The number of ketones is 1. The summed E-state index contributed by atoms with van der Waals surface area (Å²) in [4.78, 5) is 76.1. The van der Waals surface area contributed by atoms with E-state index in [0.717, 1.165) is 33.3 Å². The fourth-order valence-electron chi connectivity index (χ4n) is 4.72. The van der Waals surface area contributed by atoms with E-state index in [1.165, 1.54) is 7.05 Å². The summed E-state index contributed by atoms with van der Waals surface area (Å²) in [6.45, 7) is 4.48. The van der Waals surface area contributed by atoms with E-state index in [4.69, 9.17) is 10.5 Å². The minimum absolute atomic E-state index is 0.0118. The summed E-state index contributed by atoms with van der Waals surface area (Å²) in [7, 11) is 1.23. The normalized spacial score (nSPS) is 22.1. The summed E-state index contributed by atoms with van der Waals surface area (Å²) < 4.78 is 6.87. The Morgan fingerprint density at radius 2 is 1.80 bits per heavy atom. The zero-order valence-corrected chi connectivity index (χ0v) is 20.6. The molecule has 1 aromatic heterocycles. The van der Waals surface area contributed by atoms with Crippen molar-refractivity contribution < 1.29 is 23.9 Å². The smallest absolute Gasteiger partial charge is 0.332 e. The third kappa shape index (κ3) is 5.01. The number of carbonyl (C=O) groups is 4. The average molecular weight is 492 g/mol. The molecule has 3 N–H and O–H groups in total. The molecule has 0 atom stereocenters. The molecule has 0 radical (unpaired) electrons. The standard InChI is InChI=1S/C23H33N5O7/c1-5-14-6-8-23(9-7-14)20(32)28(21(33)25-23)11-16(30)35-12-15(29)17-18(24)27(10-13(2)3)22(34)26(4)19(17)31/h13-14H,5-12,24H2,1-4H3,(H,25,33). The minimum Gasteiger partial charge on any atom is -0.456 e. The van der Waals surface area contributed by atoms with Gasteiger partial charge in [-0.15, -0.1) is 0 Å². The number of carbonyl (C=O) groups excluding carboxylic acids is 4. The van der Waals surface area contributed by atoms with Crippen molar-refractivity contribution in [2.45, 2.75) is 65.0 Å². The molecule has 1 aromatic rings. The maximum Gasteiger partial charge on any atom is 0.332 e. The first-order valence-corrected chi connectivity index (χ1v) is 11.8. The number of nitrogens with one attached hydrogen (secondary N) is 1. The van der Waals surface area contributed by atoms with Crippen molar-refractivity contribution in [3.05, 3.63) is 26.4 Å². The monoisotopic (exact) mass is 491 g/mol. The van der Waals surface area contributed by atoms with Crippen molar-refractivity contribution >= 4 is 29.5 Å². The van der Waals surface area contributed by atoms with Crippen LogP contribution in [0.15, 0.2) is 9.59 Å². The first-order valence-electron chi connectivity index (χ1n) is 11.8. The zero-order valence-electron chi connectivity index (χ0n) is 20.6. The van der Waals surface area contributed by atoms with Crippen molar-refractivity contribution in [2.75, 3.05) is 18.9 Å². The number of nitrogen functional groups attached to an aromatic ring is 1. The van der Waals surface area contributed by atoms with Crippen molar-refractivity contribution in [3.8, 4) is 0 Å². The average Bonchev–Trinajstić information content (AvgIpc) is 3.03. The summed E-state index contributed by atoms with van der Waals surface area (Å²) in [5.41, 5.74) is 2.95. The van der Waals surface area contributed by atoms with Gasteiger partial charge in [-0.3, -0.25) is 33.2 Å². The number of ether oxygens (including phenoxy) is 1. The highest BCUT2D eigenvalue weighted by Gasteiger charge is 2.52. The topological polar surface area (TPSA) is 163 Å². The predicted molar refractivity (Wildman–Crippen MR) is 126 cm³/mol. The molecule has 12 heteroatoms. The molecule has 2 fully saturated rings. The molecule has 12 nitrogen and oxygen atoms in total. The van der Waals surface area contributed by atoms with Gasteiger partial charge in [0.15, 0.2) is 6.61 Å². The van der Waals surface area contributed by atoms with Crippen LogP contribution in [0.2, 0.25) is 0 Å². The number of hydrogen-bond donors (Lipinski definition) is 2. The Labute approximate surface area is 202 Å². The molecule has 192 valence electrons. The van der Waals surface area contributed by atoms with E-state index < -0.39 is 59.2 Å². The third-order valence-electron chi connectivity index (χ3n) is 6.84. The van der Waals surface area contributed by atoms with E-state index in [1.54, 1.807) is 0 Å². The molecular formula is C23H33N5O7. The predicted octanol–water partition coefficient (Wildman–Crippen LogP) is 0.402. The number of Topliss-reactive ketones (excluding diaryl/α,β-unsaturated/α-hetero) is 1. The van der Waals surface area contributed by atoms with Crippen LogP contribution >= 0.6 is 0 Å². The van der Waals surface area contributed by atoms with Crippen molar-refractivity contribution in [3.63, 3.8) is 0 Å². The van der Waals surface area contributed by atoms with E-state index in [2.05, 4.69) is 12.2 Å². The van der Waals surface area contributed by atoms with Gasteiger partial charge in [-0.1, -0.05) is 27.2 Å². The van der Waals surface area contributed by atoms with Gasteiger partial charge >= 0.3 is 17.7 Å².